The fraction of sp³-hybridized carbons (Fsp3) is 0.516. The Hall–Kier alpha value is -2.76. The molecular formula is C31H40F3NO2. The summed E-state index contributed by atoms with van der Waals surface area (Å²) in [5, 5.41) is 0. The number of rotatable bonds is 13. The number of alkyl halides is 2. The van der Waals surface area contributed by atoms with Gasteiger partial charge in [0, 0.05) is 19.7 Å². The van der Waals surface area contributed by atoms with Crippen LogP contribution < -0.4 is 4.74 Å². The standard InChI is InChI=1S/C31H40F3NO2/c1-4-6-7-9-23-11-13-24(14-12-23)25-15-18-27(19-16-25)31(33,34)37-28-20-17-26(29(32)22-28)10-8-21-35(3)30(36)5-2/h5,15-20,22-24H,2,4,6-14,21H2,1,3H3. The van der Waals surface area contributed by atoms with E-state index in [0.29, 0.717) is 30.9 Å². The zero-order chi connectivity index (χ0) is 26.8. The number of halogens is 3. The fourth-order valence-corrected chi connectivity index (χ4v) is 5.19. The molecule has 0 aromatic heterocycles. The van der Waals surface area contributed by atoms with Crippen LogP contribution in [0.3, 0.4) is 0 Å². The number of aryl methyl sites for hydroxylation is 1. The van der Waals surface area contributed by atoms with Crippen molar-refractivity contribution in [3.05, 3.63) is 77.6 Å². The van der Waals surface area contributed by atoms with Gasteiger partial charge in [-0.25, -0.2) is 4.39 Å². The number of ether oxygens (including phenoxy) is 1. The van der Waals surface area contributed by atoms with Gasteiger partial charge in [0.05, 0.1) is 5.56 Å². The minimum atomic E-state index is -3.57. The molecule has 0 saturated heterocycles. The molecule has 0 radical (unpaired) electrons. The number of carbonyl (C=O) groups is 1. The summed E-state index contributed by atoms with van der Waals surface area (Å²) in [5.41, 5.74) is 1.24. The smallest absolute Gasteiger partial charge is 0.426 e. The molecule has 202 valence electrons. The minimum Gasteiger partial charge on any atom is -0.429 e. The number of hydrogen-bond acceptors (Lipinski definition) is 2. The normalized spacial score (nSPS) is 17.9. The molecule has 3 rings (SSSR count). The highest BCUT2D eigenvalue weighted by Gasteiger charge is 2.35. The lowest BCUT2D eigenvalue weighted by molar-refractivity contribution is -0.185. The van der Waals surface area contributed by atoms with Gasteiger partial charge < -0.3 is 9.64 Å². The van der Waals surface area contributed by atoms with Gasteiger partial charge in [-0.1, -0.05) is 57.4 Å². The second-order valence-corrected chi connectivity index (χ2v) is 10.3. The summed E-state index contributed by atoms with van der Waals surface area (Å²) in [7, 11) is 1.64. The number of likely N-dealkylation sites (N-methyl/N-ethyl adjacent to an activating group) is 1. The first-order chi connectivity index (χ1) is 17.7. The van der Waals surface area contributed by atoms with Gasteiger partial charge in [-0.2, -0.15) is 8.78 Å². The van der Waals surface area contributed by atoms with Crippen molar-refractivity contribution in [3.63, 3.8) is 0 Å². The van der Waals surface area contributed by atoms with E-state index in [1.165, 1.54) is 73.8 Å². The van der Waals surface area contributed by atoms with Crippen LogP contribution in [0.4, 0.5) is 13.2 Å². The largest absolute Gasteiger partial charge is 0.429 e. The van der Waals surface area contributed by atoms with Crippen LogP contribution in [0.2, 0.25) is 0 Å². The Labute approximate surface area is 219 Å². The molecule has 3 nitrogen and oxygen atoms in total. The molecule has 37 heavy (non-hydrogen) atoms. The van der Waals surface area contributed by atoms with Crippen molar-refractivity contribution >= 4 is 5.91 Å². The molecule has 2 aromatic carbocycles. The van der Waals surface area contributed by atoms with Crippen LogP contribution in [0.25, 0.3) is 0 Å². The first-order valence-corrected chi connectivity index (χ1v) is 13.6. The van der Waals surface area contributed by atoms with Crippen LogP contribution in [0.15, 0.2) is 55.1 Å². The summed E-state index contributed by atoms with van der Waals surface area (Å²) in [5.74, 6) is 0.184. The van der Waals surface area contributed by atoms with Gasteiger partial charge in [0.1, 0.15) is 11.6 Å². The van der Waals surface area contributed by atoms with E-state index in [-0.39, 0.29) is 17.2 Å². The minimum absolute atomic E-state index is 0.204. The molecule has 0 N–H and O–H groups in total. The Balaban J connectivity index is 1.53. The Morgan fingerprint density at radius 3 is 2.41 bits per heavy atom. The maximum absolute atomic E-state index is 14.9. The third-order valence-corrected chi connectivity index (χ3v) is 7.54. The SMILES string of the molecule is C=CC(=O)N(C)CCCc1ccc(OC(F)(F)c2ccc(C3CCC(CCCCC)CC3)cc2)cc1F. The number of benzene rings is 2. The third kappa shape index (κ3) is 8.37. The lowest BCUT2D eigenvalue weighted by Crippen LogP contribution is -2.26. The number of hydrogen-bond donors (Lipinski definition) is 0. The lowest BCUT2D eigenvalue weighted by atomic mass is 9.77. The summed E-state index contributed by atoms with van der Waals surface area (Å²) in [4.78, 5) is 13.0. The number of carbonyl (C=O) groups excluding carboxylic acids is 1. The molecule has 1 aliphatic rings. The summed E-state index contributed by atoms with van der Waals surface area (Å²) < 4.78 is 49.2. The number of unbranched alkanes of at least 4 members (excludes halogenated alkanes) is 2. The van der Waals surface area contributed by atoms with E-state index in [1.807, 2.05) is 0 Å². The Kier molecular flexibility index (Phi) is 10.7. The quantitative estimate of drug-likeness (QED) is 0.198. The van der Waals surface area contributed by atoms with Crippen molar-refractivity contribution in [2.45, 2.75) is 83.2 Å². The van der Waals surface area contributed by atoms with Gasteiger partial charge in [0.15, 0.2) is 0 Å². The maximum Gasteiger partial charge on any atom is 0.426 e. The highest BCUT2D eigenvalue weighted by molar-refractivity contribution is 5.86. The molecule has 2 aromatic rings. The molecule has 6 heteroatoms. The van der Waals surface area contributed by atoms with E-state index in [0.717, 1.165) is 30.4 Å². The van der Waals surface area contributed by atoms with Crippen LogP contribution in [-0.2, 0) is 17.3 Å². The molecule has 0 spiro atoms. The van der Waals surface area contributed by atoms with E-state index < -0.39 is 11.9 Å². The van der Waals surface area contributed by atoms with Crippen LogP contribution in [0.5, 0.6) is 5.75 Å². The van der Waals surface area contributed by atoms with Gasteiger partial charge in [0.25, 0.3) is 0 Å². The highest BCUT2D eigenvalue weighted by atomic mass is 19.3. The Morgan fingerprint density at radius 1 is 1.08 bits per heavy atom. The van der Waals surface area contributed by atoms with E-state index in [9.17, 15) is 18.0 Å². The van der Waals surface area contributed by atoms with Gasteiger partial charge in [-0.15, -0.1) is 0 Å². The van der Waals surface area contributed by atoms with Crippen molar-refractivity contribution in [1.82, 2.24) is 4.90 Å². The average molecular weight is 516 g/mol. The van der Waals surface area contributed by atoms with E-state index in [2.05, 4.69) is 13.5 Å². The van der Waals surface area contributed by atoms with E-state index in [4.69, 9.17) is 4.74 Å². The van der Waals surface area contributed by atoms with Gasteiger partial charge in [-0.05, 0) is 85.8 Å². The monoisotopic (exact) mass is 515 g/mol. The van der Waals surface area contributed by atoms with Crippen molar-refractivity contribution in [2.75, 3.05) is 13.6 Å². The summed E-state index contributed by atoms with van der Waals surface area (Å²) in [6.07, 6.45) is 8.34. The molecule has 0 atom stereocenters. The molecule has 0 aliphatic heterocycles. The predicted octanol–water partition coefficient (Wildman–Crippen LogP) is 8.39. The highest BCUT2D eigenvalue weighted by Crippen LogP contribution is 2.39. The van der Waals surface area contributed by atoms with Crippen molar-refractivity contribution in [3.8, 4) is 5.75 Å². The van der Waals surface area contributed by atoms with Gasteiger partial charge in [0.2, 0.25) is 5.91 Å². The molecule has 1 saturated carbocycles. The number of nitrogens with zero attached hydrogens (tertiary/aromatic N) is 1. The Morgan fingerprint density at radius 2 is 1.78 bits per heavy atom. The maximum atomic E-state index is 14.9. The predicted molar refractivity (Wildman–Crippen MR) is 142 cm³/mol. The Bertz CT molecular complexity index is 1010. The van der Waals surface area contributed by atoms with Crippen LogP contribution >= 0.6 is 0 Å². The van der Waals surface area contributed by atoms with Crippen molar-refractivity contribution in [2.24, 2.45) is 5.92 Å². The molecule has 0 heterocycles. The molecular weight excluding hydrogens is 475 g/mol. The summed E-state index contributed by atoms with van der Waals surface area (Å²) in [6.45, 7) is 6.10. The van der Waals surface area contributed by atoms with E-state index in [1.54, 1.807) is 19.2 Å². The van der Waals surface area contributed by atoms with Crippen LogP contribution in [0, 0.1) is 11.7 Å². The first kappa shape index (κ1) is 28.8. The van der Waals surface area contributed by atoms with Crippen molar-refractivity contribution < 1.29 is 22.7 Å². The summed E-state index contributed by atoms with van der Waals surface area (Å²) in [6, 6.07) is 10.2. The topological polar surface area (TPSA) is 29.5 Å². The zero-order valence-corrected chi connectivity index (χ0v) is 22.2. The molecule has 1 fully saturated rings. The van der Waals surface area contributed by atoms with Crippen LogP contribution in [0.1, 0.15) is 87.3 Å². The average Bonchev–Trinajstić information content (AvgIpc) is 2.90. The second-order valence-electron chi connectivity index (χ2n) is 10.3. The molecule has 0 bridgehead atoms. The molecule has 1 amide bonds. The third-order valence-electron chi connectivity index (χ3n) is 7.54. The van der Waals surface area contributed by atoms with Crippen molar-refractivity contribution in [1.29, 1.82) is 0 Å². The first-order valence-electron chi connectivity index (χ1n) is 13.6. The number of amides is 1. The molecule has 1 aliphatic carbocycles. The zero-order valence-electron chi connectivity index (χ0n) is 22.2. The lowest BCUT2D eigenvalue weighted by Gasteiger charge is -2.29. The molecule has 0 unspecified atom stereocenters. The van der Waals surface area contributed by atoms with Crippen LogP contribution in [-0.4, -0.2) is 24.4 Å². The van der Waals surface area contributed by atoms with E-state index >= 15 is 0 Å². The second kappa shape index (κ2) is 13.7. The van der Waals surface area contributed by atoms with Gasteiger partial charge >= 0.3 is 6.11 Å². The summed E-state index contributed by atoms with van der Waals surface area (Å²) >= 11 is 0. The van der Waals surface area contributed by atoms with Gasteiger partial charge in [-0.3, -0.25) is 4.79 Å². The fourth-order valence-electron chi connectivity index (χ4n) is 5.19.